The second-order valence-corrected chi connectivity index (χ2v) is 3.74. The third-order valence-electron chi connectivity index (χ3n) is 2.49. The number of rotatable bonds is 3. The summed E-state index contributed by atoms with van der Waals surface area (Å²) < 4.78 is 6.94. The van der Waals surface area contributed by atoms with Crippen LogP contribution in [-0.2, 0) is 6.54 Å². The van der Waals surface area contributed by atoms with E-state index in [0.29, 0.717) is 5.82 Å². The summed E-state index contributed by atoms with van der Waals surface area (Å²) in [5.41, 5.74) is 7.87. The summed E-state index contributed by atoms with van der Waals surface area (Å²) in [6, 6.07) is 7.92. The zero-order valence-electron chi connectivity index (χ0n) is 9.47. The zero-order chi connectivity index (χ0) is 11.5. The van der Waals surface area contributed by atoms with Crippen molar-refractivity contribution in [3.05, 3.63) is 41.6 Å². The smallest absolute Gasteiger partial charge is 0.148 e. The molecule has 0 spiro atoms. The van der Waals surface area contributed by atoms with E-state index < -0.39 is 0 Å². The lowest BCUT2D eigenvalue weighted by Crippen LogP contribution is -2.00. The van der Waals surface area contributed by atoms with Gasteiger partial charge in [-0.1, -0.05) is 12.1 Å². The number of benzene rings is 1. The summed E-state index contributed by atoms with van der Waals surface area (Å²) in [4.78, 5) is 0. The number of methoxy groups -OCH3 is 1. The maximum absolute atomic E-state index is 5.69. The standard InChI is InChI=1S/C12H15N3O/c1-9-7-15(14-12(9)13)8-10-3-5-11(16-2)6-4-10/h3-7H,8H2,1-2H3,(H2,13,14). The molecule has 0 bridgehead atoms. The summed E-state index contributed by atoms with van der Waals surface area (Å²) in [5, 5.41) is 4.21. The van der Waals surface area contributed by atoms with Crippen LogP contribution in [0.15, 0.2) is 30.5 Å². The van der Waals surface area contributed by atoms with Gasteiger partial charge in [-0.25, -0.2) is 0 Å². The van der Waals surface area contributed by atoms with Crippen LogP contribution < -0.4 is 10.5 Å². The van der Waals surface area contributed by atoms with Crippen molar-refractivity contribution in [2.24, 2.45) is 0 Å². The minimum Gasteiger partial charge on any atom is -0.497 e. The van der Waals surface area contributed by atoms with Gasteiger partial charge in [-0.3, -0.25) is 4.68 Å². The molecule has 0 unspecified atom stereocenters. The Hall–Kier alpha value is -1.97. The molecule has 1 aromatic heterocycles. The largest absolute Gasteiger partial charge is 0.497 e. The van der Waals surface area contributed by atoms with Gasteiger partial charge in [0.05, 0.1) is 13.7 Å². The highest BCUT2D eigenvalue weighted by Crippen LogP contribution is 2.13. The molecule has 84 valence electrons. The van der Waals surface area contributed by atoms with Gasteiger partial charge in [-0.15, -0.1) is 0 Å². The fourth-order valence-electron chi connectivity index (χ4n) is 1.53. The summed E-state index contributed by atoms with van der Waals surface area (Å²) in [6.07, 6.45) is 1.94. The van der Waals surface area contributed by atoms with E-state index in [4.69, 9.17) is 10.5 Å². The lowest BCUT2D eigenvalue weighted by Gasteiger charge is -2.03. The van der Waals surface area contributed by atoms with E-state index in [2.05, 4.69) is 5.10 Å². The minimum atomic E-state index is 0.591. The number of hydrogen-bond acceptors (Lipinski definition) is 3. The van der Waals surface area contributed by atoms with Gasteiger partial charge in [-0.05, 0) is 24.6 Å². The average molecular weight is 217 g/mol. The highest BCUT2D eigenvalue weighted by atomic mass is 16.5. The van der Waals surface area contributed by atoms with Gasteiger partial charge in [0.25, 0.3) is 0 Å². The van der Waals surface area contributed by atoms with E-state index in [1.165, 1.54) is 5.56 Å². The van der Waals surface area contributed by atoms with Gasteiger partial charge in [0, 0.05) is 11.8 Å². The van der Waals surface area contributed by atoms with Crippen LogP contribution in [0.5, 0.6) is 5.75 Å². The molecule has 2 rings (SSSR count). The molecule has 0 aliphatic rings. The molecule has 0 saturated heterocycles. The Morgan fingerprint density at radius 2 is 2.00 bits per heavy atom. The molecule has 0 atom stereocenters. The summed E-state index contributed by atoms with van der Waals surface area (Å²) >= 11 is 0. The van der Waals surface area contributed by atoms with Crippen molar-refractivity contribution in [2.45, 2.75) is 13.5 Å². The normalized spacial score (nSPS) is 10.4. The maximum atomic E-state index is 5.69. The number of nitrogens with two attached hydrogens (primary N) is 1. The first-order valence-electron chi connectivity index (χ1n) is 5.11. The molecule has 0 aliphatic carbocycles. The maximum Gasteiger partial charge on any atom is 0.148 e. The highest BCUT2D eigenvalue weighted by Gasteiger charge is 2.01. The van der Waals surface area contributed by atoms with E-state index in [-0.39, 0.29) is 0 Å². The van der Waals surface area contributed by atoms with E-state index >= 15 is 0 Å². The molecule has 0 radical (unpaired) electrons. The second-order valence-electron chi connectivity index (χ2n) is 3.74. The van der Waals surface area contributed by atoms with Gasteiger partial charge < -0.3 is 10.5 Å². The molecule has 2 N–H and O–H groups in total. The van der Waals surface area contributed by atoms with Gasteiger partial charge in [0.2, 0.25) is 0 Å². The number of aromatic nitrogens is 2. The van der Waals surface area contributed by atoms with Crippen LogP contribution in [0.4, 0.5) is 5.82 Å². The van der Waals surface area contributed by atoms with Crippen LogP contribution in [0.2, 0.25) is 0 Å². The summed E-state index contributed by atoms with van der Waals surface area (Å²) in [5.74, 6) is 1.45. The van der Waals surface area contributed by atoms with E-state index in [1.54, 1.807) is 7.11 Å². The van der Waals surface area contributed by atoms with Crippen molar-refractivity contribution in [3.8, 4) is 5.75 Å². The molecule has 4 nitrogen and oxygen atoms in total. The van der Waals surface area contributed by atoms with Crippen molar-refractivity contribution in [3.63, 3.8) is 0 Å². The molecule has 0 fully saturated rings. The Morgan fingerprint density at radius 1 is 1.31 bits per heavy atom. The first kappa shape index (κ1) is 10.5. The Labute approximate surface area is 94.6 Å². The van der Waals surface area contributed by atoms with Crippen LogP contribution in [0, 0.1) is 6.92 Å². The topological polar surface area (TPSA) is 53.1 Å². The van der Waals surface area contributed by atoms with Gasteiger partial charge in [-0.2, -0.15) is 5.10 Å². The number of nitrogen functional groups attached to an aromatic ring is 1. The predicted molar refractivity (Wildman–Crippen MR) is 63.5 cm³/mol. The fraction of sp³-hybridized carbons (Fsp3) is 0.250. The lowest BCUT2D eigenvalue weighted by molar-refractivity contribution is 0.414. The first-order valence-corrected chi connectivity index (χ1v) is 5.11. The molecule has 0 amide bonds. The van der Waals surface area contributed by atoms with Gasteiger partial charge >= 0.3 is 0 Å². The highest BCUT2D eigenvalue weighted by molar-refractivity contribution is 5.36. The third-order valence-corrected chi connectivity index (χ3v) is 2.49. The van der Waals surface area contributed by atoms with Crippen molar-refractivity contribution in [1.82, 2.24) is 9.78 Å². The summed E-state index contributed by atoms with van der Waals surface area (Å²) in [7, 11) is 1.66. The predicted octanol–water partition coefficient (Wildman–Crippen LogP) is 1.83. The van der Waals surface area contributed by atoms with Crippen molar-refractivity contribution in [1.29, 1.82) is 0 Å². The molecule has 1 aromatic carbocycles. The molecule has 0 saturated carbocycles. The quantitative estimate of drug-likeness (QED) is 0.853. The lowest BCUT2D eigenvalue weighted by atomic mass is 10.2. The number of ether oxygens (including phenoxy) is 1. The molecule has 16 heavy (non-hydrogen) atoms. The van der Waals surface area contributed by atoms with Crippen LogP contribution in [0.3, 0.4) is 0 Å². The number of hydrogen-bond donors (Lipinski definition) is 1. The molecular weight excluding hydrogens is 202 g/mol. The molecule has 0 aliphatic heterocycles. The van der Waals surface area contributed by atoms with E-state index in [9.17, 15) is 0 Å². The fourth-order valence-corrected chi connectivity index (χ4v) is 1.53. The molecular formula is C12H15N3O. The minimum absolute atomic E-state index is 0.591. The van der Waals surface area contributed by atoms with Gasteiger partial charge in [0.15, 0.2) is 0 Å². The number of aryl methyl sites for hydroxylation is 1. The van der Waals surface area contributed by atoms with E-state index in [0.717, 1.165) is 17.9 Å². The SMILES string of the molecule is COc1ccc(Cn2cc(C)c(N)n2)cc1. The van der Waals surface area contributed by atoms with Crippen molar-refractivity contribution >= 4 is 5.82 Å². The van der Waals surface area contributed by atoms with E-state index in [1.807, 2.05) is 42.1 Å². The average Bonchev–Trinajstić information content (AvgIpc) is 2.59. The Kier molecular flexibility index (Phi) is 2.81. The van der Waals surface area contributed by atoms with Crippen LogP contribution in [-0.4, -0.2) is 16.9 Å². The molecule has 1 heterocycles. The first-order chi connectivity index (χ1) is 7.69. The Balaban J connectivity index is 2.14. The monoisotopic (exact) mass is 217 g/mol. The van der Waals surface area contributed by atoms with Gasteiger partial charge in [0.1, 0.15) is 11.6 Å². The van der Waals surface area contributed by atoms with Crippen LogP contribution >= 0.6 is 0 Å². The third kappa shape index (κ3) is 2.16. The Bertz CT molecular complexity index is 454. The number of nitrogens with zero attached hydrogens (tertiary/aromatic N) is 2. The van der Waals surface area contributed by atoms with Crippen LogP contribution in [0.25, 0.3) is 0 Å². The van der Waals surface area contributed by atoms with Crippen molar-refractivity contribution in [2.75, 3.05) is 12.8 Å². The van der Waals surface area contributed by atoms with Crippen LogP contribution in [0.1, 0.15) is 11.1 Å². The molecule has 2 aromatic rings. The second kappa shape index (κ2) is 4.26. The Morgan fingerprint density at radius 3 is 2.50 bits per heavy atom. The van der Waals surface area contributed by atoms with Crippen molar-refractivity contribution < 1.29 is 4.74 Å². The number of anilines is 1. The zero-order valence-corrected chi connectivity index (χ0v) is 9.47. The summed E-state index contributed by atoms with van der Waals surface area (Å²) in [6.45, 7) is 2.68. The molecule has 4 heteroatoms.